The van der Waals surface area contributed by atoms with Crippen molar-refractivity contribution in [2.24, 2.45) is 5.92 Å². The van der Waals surface area contributed by atoms with E-state index in [0.717, 1.165) is 31.2 Å². The van der Waals surface area contributed by atoms with E-state index in [1.165, 1.54) is 0 Å². The molecule has 3 amide bonds. The molecule has 0 heterocycles. The number of hydrogen-bond donors (Lipinski definition) is 3. The molecule has 1 aromatic carbocycles. The maximum atomic E-state index is 11.8. The van der Waals surface area contributed by atoms with Gasteiger partial charge in [-0.3, -0.25) is 14.4 Å². The average Bonchev–Trinajstić information content (AvgIpc) is 3.13. The van der Waals surface area contributed by atoms with Crippen LogP contribution in [0.4, 0.5) is 0 Å². The second kappa shape index (κ2) is 9.70. The monoisotopic (exact) mass is 331 g/mol. The molecule has 0 radical (unpaired) electrons. The molecule has 6 nitrogen and oxygen atoms in total. The van der Waals surface area contributed by atoms with E-state index >= 15 is 0 Å². The fourth-order valence-corrected chi connectivity index (χ4v) is 2.76. The normalized spacial score (nSPS) is 14.2. The van der Waals surface area contributed by atoms with Gasteiger partial charge in [0.05, 0.1) is 6.54 Å². The van der Waals surface area contributed by atoms with Crippen molar-refractivity contribution in [3.63, 3.8) is 0 Å². The minimum atomic E-state index is -0.239. The summed E-state index contributed by atoms with van der Waals surface area (Å²) in [4.78, 5) is 35.2. The Balaban J connectivity index is 1.54. The molecule has 0 spiro atoms. The summed E-state index contributed by atoms with van der Waals surface area (Å²) in [6.07, 6.45) is 4.29. The van der Waals surface area contributed by atoms with Crippen LogP contribution in [0.25, 0.3) is 0 Å². The number of carbonyl (C=O) groups is 3. The molecule has 1 fully saturated rings. The highest BCUT2D eigenvalue weighted by atomic mass is 16.2. The second-order valence-corrected chi connectivity index (χ2v) is 6.06. The van der Waals surface area contributed by atoms with Gasteiger partial charge in [0.25, 0.3) is 0 Å². The van der Waals surface area contributed by atoms with Crippen molar-refractivity contribution in [1.29, 1.82) is 0 Å². The Morgan fingerprint density at radius 3 is 2.33 bits per heavy atom. The highest BCUT2D eigenvalue weighted by Gasteiger charge is 2.22. The van der Waals surface area contributed by atoms with Crippen LogP contribution in [0, 0.1) is 5.92 Å². The summed E-state index contributed by atoms with van der Waals surface area (Å²) in [5.41, 5.74) is 1.01. The smallest absolute Gasteiger partial charge is 0.239 e. The van der Waals surface area contributed by atoms with Crippen molar-refractivity contribution in [1.82, 2.24) is 16.0 Å². The van der Waals surface area contributed by atoms with E-state index < -0.39 is 0 Å². The molecule has 1 aliphatic rings. The van der Waals surface area contributed by atoms with Gasteiger partial charge in [0.15, 0.2) is 0 Å². The Hall–Kier alpha value is -2.37. The molecule has 0 aliphatic heterocycles. The van der Waals surface area contributed by atoms with Crippen LogP contribution in [0.1, 0.15) is 37.7 Å². The Morgan fingerprint density at radius 2 is 1.62 bits per heavy atom. The number of benzene rings is 1. The Labute approximate surface area is 142 Å². The third-order valence-corrected chi connectivity index (χ3v) is 4.16. The van der Waals surface area contributed by atoms with E-state index in [0.29, 0.717) is 13.1 Å². The van der Waals surface area contributed by atoms with Crippen molar-refractivity contribution >= 4 is 17.7 Å². The van der Waals surface area contributed by atoms with Crippen LogP contribution in [-0.2, 0) is 20.9 Å². The van der Waals surface area contributed by atoms with Crippen LogP contribution in [0.5, 0.6) is 0 Å². The molecule has 0 unspecified atom stereocenters. The molecule has 130 valence electrons. The molecule has 0 saturated heterocycles. The minimum absolute atomic E-state index is 0.0425. The van der Waals surface area contributed by atoms with Crippen molar-refractivity contribution in [2.45, 2.75) is 38.6 Å². The van der Waals surface area contributed by atoms with Gasteiger partial charge in [-0.05, 0) is 18.4 Å². The van der Waals surface area contributed by atoms with Crippen molar-refractivity contribution in [2.75, 3.05) is 13.1 Å². The molecule has 1 aromatic rings. The van der Waals surface area contributed by atoms with Gasteiger partial charge in [0, 0.05) is 25.4 Å². The topological polar surface area (TPSA) is 87.3 Å². The van der Waals surface area contributed by atoms with Crippen LogP contribution in [0.3, 0.4) is 0 Å². The molecule has 1 saturated carbocycles. The first-order chi connectivity index (χ1) is 11.6. The van der Waals surface area contributed by atoms with Crippen LogP contribution < -0.4 is 16.0 Å². The standard InChI is InChI=1S/C18H25N3O3/c22-16(10-11-19-18(24)15-8-4-5-9-15)21-13-17(23)20-12-14-6-2-1-3-7-14/h1-3,6-7,15H,4-5,8-13H2,(H,19,24)(H,20,23)(H,21,22). The molecule has 6 heteroatoms. The molecule has 24 heavy (non-hydrogen) atoms. The quantitative estimate of drug-likeness (QED) is 0.667. The van der Waals surface area contributed by atoms with Crippen molar-refractivity contribution < 1.29 is 14.4 Å². The molecule has 1 aliphatic carbocycles. The highest BCUT2D eigenvalue weighted by molar-refractivity contribution is 5.85. The molecular formula is C18H25N3O3. The zero-order chi connectivity index (χ0) is 17.2. The lowest BCUT2D eigenvalue weighted by atomic mass is 10.1. The SMILES string of the molecule is O=C(CCNC(=O)C1CCCC1)NCC(=O)NCc1ccccc1. The van der Waals surface area contributed by atoms with Crippen LogP contribution in [0.2, 0.25) is 0 Å². The Bertz CT molecular complexity index is 554. The summed E-state index contributed by atoms with van der Waals surface area (Å²) in [5.74, 6) is -0.323. The van der Waals surface area contributed by atoms with Crippen molar-refractivity contribution in [3.05, 3.63) is 35.9 Å². The van der Waals surface area contributed by atoms with Crippen molar-refractivity contribution in [3.8, 4) is 0 Å². The number of nitrogens with one attached hydrogen (secondary N) is 3. The van der Waals surface area contributed by atoms with E-state index in [-0.39, 0.29) is 36.6 Å². The van der Waals surface area contributed by atoms with Gasteiger partial charge in [-0.25, -0.2) is 0 Å². The van der Waals surface area contributed by atoms with E-state index in [2.05, 4.69) is 16.0 Å². The lowest BCUT2D eigenvalue weighted by Gasteiger charge is -2.10. The lowest BCUT2D eigenvalue weighted by Crippen LogP contribution is -2.38. The van der Waals surface area contributed by atoms with E-state index in [1.807, 2.05) is 30.3 Å². The van der Waals surface area contributed by atoms with Crippen LogP contribution in [-0.4, -0.2) is 30.8 Å². The molecule has 0 bridgehead atoms. The van der Waals surface area contributed by atoms with Gasteiger partial charge in [-0.15, -0.1) is 0 Å². The first-order valence-electron chi connectivity index (χ1n) is 8.50. The summed E-state index contributed by atoms with van der Waals surface area (Å²) in [6.45, 7) is 0.696. The van der Waals surface area contributed by atoms with Gasteiger partial charge < -0.3 is 16.0 Å². The summed E-state index contributed by atoms with van der Waals surface area (Å²) in [5, 5.41) is 8.09. The molecule has 0 aromatic heterocycles. The summed E-state index contributed by atoms with van der Waals surface area (Å²) in [7, 11) is 0. The van der Waals surface area contributed by atoms with Gasteiger partial charge in [0.1, 0.15) is 0 Å². The Morgan fingerprint density at radius 1 is 0.917 bits per heavy atom. The Kier molecular flexibility index (Phi) is 7.26. The zero-order valence-corrected chi connectivity index (χ0v) is 13.8. The lowest BCUT2D eigenvalue weighted by molar-refractivity contribution is -0.127. The first kappa shape index (κ1) is 18.0. The third-order valence-electron chi connectivity index (χ3n) is 4.16. The fraction of sp³-hybridized carbons (Fsp3) is 0.500. The fourth-order valence-electron chi connectivity index (χ4n) is 2.76. The van der Waals surface area contributed by atoms with E-state index in [1.54, 1.807) is 0 Å². The predicted octanol–water partition coefficient (Wildman–Crippen LogP) is 1.12. The maximum absolute atomic E-state index is 11.8. The van der Waals surface area contributed by atoms with Gasteiger partial charge in [0.2, 0.25) is 17.7 Å². The van der Waals surface area contributed by atoms with Gasteiger partial charge in [-0.1, -0.05) is 43.2 Å². The average molecular weight is 331 g/mol. The largest absolute Gasteiger partial charge is 0.355 e. The second-order valence-electron chi connectivity index (χ2n) is 6.06. The molecule has 3 N–H and O–H groups in total. The maximum Gasteiger partial charge on any atom is 0.239 e. The van der Waals surface area contributed by atoms with Crippen LogP contribution in [0.15, 0.2) is 30.3 Å². The number of hydrogen-bond acceptors (Lipinski definition) is 3. The third kappa shape index (κ3) is 6.40. The predicted molar refractivity (Wildman–Crippen MR) is 90.9 cm³/mol. The number of amides is 3. The summed E-state index contributed by atoms with van der Waals surface area (Å²) >= 11 is 0. The van der Waals surface area contributed by atoms with Crippen LogP contribution >= 0.6 is 0 Å². The summed E-state index contributed by atoms with van der Waals surface area (Å²) in [6, 6.07) is 9.57. The highest BCUT2D eigenvalue weighted by Crippen LogP contribution is 2.24. The number of rotatable bonds is 8. The minimum Gasteiger partial charge on any atom is -0.355 e. The zero-order valence-electron chi connectivity index (χ0n) is 13.8. The summed E-state index contributed by atoms with van der Waals surface area (Å²) < 4.78 is 0. The molecular weight excluding hydrogens is 306 g/mol. The molecule has 0 atom stereocenters. The van der Waals surface area contributed by atoms with E-state index in [9.17, 15) is 14.4 Å². The number of carbonyl (C=O) groups excluding carboxylic acids is 3. The van der Waals surface area contributed by atoms with Gasteiger partial charge in [-0.2, -0.15) is 0 Å². The van der Waals surface area contributed by atoms with Gasteiger partial charge >= 0.3 is 0 Å². The first-order valence-corrected chi connectivity index (χ1v) is 8.50. The van der Waals surface area contributed by atoms with E-state index in [4.69, 9.17) is 0 Å². The molecule has 2 rings (SSSR count).